The summed E-state index contributed by atoms with van der Waals surface area (Å²) in [5, 5.41) is 13.1. The smallest absolute Gasteiger partial charge is 0.138 e. The van der Waals surface area contributed by atoms with E-state index in [-0.39, 0.29) is 6.61 Å². The summed E-state index contributed by atoms with van der Waals surface area (Å²) < 4.78 is 11.1. The average molecular weight is 361 g/mol. The maximum absolute atomic E-state index is 8.63. The molecule has 0 heterocycles. The number of ether oxygens (including phenoxy) is 2. The molecule has 116 valence electrons. The highest BCUT2D eigenvalue weighted by Crippen LogP contribution is 2.27. The van der Waals surface area contributed by atoms with Crippen molar-refractivity contribution in [2.75, 3.05) is 13.2 Å². The molecular formula is C15H12Cl3NO3. The third-order valence-electron chi connectivity index (χ3n) is 2.66. The van der Waals surface area contributed by atoms with Gasteiger partial charge in [0.2, 0.25) is 0 Å². The van der Waals surface area contributed by atoms with E-state index in [0.717, 1.165) is 0 Å². The first-order valence-corrected chi connectivity index (χ1v) is 7.41. The number of oxime groups is 1. The minimum absolute atomic E-state index is 0.285. The minimum Gasteiger partial charge on any atom is -0.489 e. The maximum Gasteiger partial charge on any atom is 0.138 e. The predicted octanol–water partition coefficient (Wildman–Crippen LogP) is 4.91. The molecule has 2 aromatic carbocycles. The highest BCUT2D eigenvalue weighted by atomic mass is 35.5. The highest BCUT2D eigenvalue weighted by Gasteiger charge is 2.05. The molecule has 22 heavy (non-hydrogen) atoms. The highest BCUT2D eigenvalue weighted by molar-refractivity contribution is 6.35. The first-order chi connectivity index (χ1) is 10.6. The normalized spacial score (nSPS) is 10.9. The van der Waals surface area contributed by atoms with Gasteiger partial charge in [0.15, 0.2) is 0 Å². The fourth-order valence-corrected chi connectivity index (χ4v) is 2.35. The van der Waals surface area contributed by atoms with Gasteiger partial charge >= 0.3 is 0 Å². The first kappa shape index (κ1) is 16.7. The van der Waals surface area contributed by atoms with E-state index in [1.165, 1.54) is 6.21 Å². The van der Waals surface area contributed by atoms with E-state index in [1.807, 2.05) is 0 Å². The summed E-state index contributed by atoms with van der Waals surface area (Å²) in [7, 11) is 0. The molecule has 4 nitrogen and oxygen atoms in total. The van der Waals surface area contributed by atoms with Crippen molar-refractivity contribution in [3.05, 3.63) is 57.0 Å². The molecule has 0 saturated heterocycles. The molecule has 2 rings (SSSR count). The Morgan fingerprint density at radius 2 is 1.50 bits per heavy atom. The van der Waals surface area contributed by atoms with Crippen LogP contribution in [0.15, 0.2) is 41.6 Å². The van der Waals surface area contributed by atoms with Crippen LogP contribution in [0.25, 0.3) is 0 Å². The molecule has 2 aromatic rings. The maximum atomic E-state index is 8.63. The Bertz CT molecular complexity index is 677. The van der Waals surface area contributed by atoms with Crippen LogP contribution in [-0.4, -0.2) is 24.6 Å². The van der Waals surface area contributed by atoms with Gasteiger partial charge in [-0.1, -0.05) is 40.0 Å². The van der Waals surface area contributed by atoms with E-state index in [9.17, 15) is 0 Å². The second-order valence-corrected chi connectivity index (χ2v) is 5.48. The largest absolute Gasteiger partial charge is 0.489 e. The molecule has 0 spiro atoms. The lowest BCUT2D eigenvalue weighted by Crippen LogP contribution is -2.10. The van der Waals surface area contributed by atoms with Crippen molar-refractivity contribution in [1.29, 1.82) is 0 Å². The summed E-state index contributed by atoms with van der Waals surface area (Å²) in [6.07, 6.45) is 1.25. The molecule has 0 fully saturated rings. The third-order valence-corrected chi connectivity index (χ3v) is 3.43. The SMILES string of the molecule is ON=Cc1cc(Cl)ccc1OCCOc1ccc(Cl)cc1Cl. The van der Waals surface area contributed by atoms with Crippen molar-refractivity contribution < 1.29 is 14.7 Å². The number of rotatable bonds is 6. The Morgan fingerprint density at radius 3 is 2.14 bits per heavy atom. The number of hydrogen-bond donors (Lipinski definition) is 1. The van der Waals surface area contributed by atoms with Crippen LogP contribution in [-0.2, 0) is 0 Å². The van der Waals surface area contributed by atoms with Gasteiger partial charge in [0.1, 0.15) is 24.7 Å². The monoisotopic (exact) mass is 359 g/mol. The lowest BCUT2D eigenvalue weighted by atomic mass is 10.2. The Labute approximate surface area is 142 Å². The second-order valence-electron chi connectivity index (χ2n) is 4.20. The molecular weight excluding hydrogens is 349 g/mol. The zero-order valence-electron chi connectivity index (χ0n) is 11.3. The molecule has 0 radical (unpaired) electrons. The number of hydrogen-bond acceptors (Lipinski definition) is 4. The van der Waals surface area contributed by atoms with E-state index in [0.29, 0.717) is 38.7 Å². The summed E-state index contributed by atoms with van der Waals surface area (Å²) in [5.41, 5.74) is 0.569. The van der Waals surface area contributed by atoms with Crippen molar-refractivity contribution in [1.82, 2.24) is 0 Å². The Hall–Kier alpha value is -1.62. The van der Waals surface area contributed by atoms with Gasteiger partial charge in [-0.15, -0.1) is 0 Å². The van der Waals surface area contributed by atoms with Gasteiger partial charge in [-0.25, -0.2) is 0 Å². The third kappa shape index (κ3) is 4.70. The first-order valence-electron chi connectivity index (χ1n) is 6.28. The summed E-state index contributed by atoms with van der Waals surface area (Å²) >= 11 is 17.7. The van der Waals surface area contributed by atoms with Crippen LogP contribution in [0.2, 0.25) is 15.1 Å². The molecule has 0 amide bonds. The molecule has 7 heteroatoms. The van der Waals surface area contributed by atoms with Gasteiger partial charge in [-0.3, -0.25) is 0 Å². The van der Waals surface area contributed by atoms with Gasteiger partial charge < -0.3 is 14.7 Å². The zero-order valence-corrected chi connectivity index (χ0v) is 13.6. The van der Waals surface area contributed by atoms with Crippen LogP contribution in [0, 0.1) is 0 Å². The van der Waals surface area contributed by atoms with E-state index >= 15 is 0 Å². The predicted molar refractivity (Wildman–Crippen MR) is 88.3 cm³/mol. The minimum atomic E-state index is 0.285. The molecule has 1 N–H and O–H groups in total. The quantitative estimate of drug-likeness (QED) is 0.344. The van der Waals surface area contributed by atoms with Gasteiger partial charge in [0.05, 0.1) is 11.2 Å². The molecule has 0 bridgehead atoms. The summed E-state index contributed by atoms with van der Waals surface area (Å²) in [5.74, 6) is 1.07. The second kappa shape index (κ2) is 8.13. The lowest BCUT2D eigenvalue weighted by Gasteiger charge is -2.11. The van der Waals surface area contributed by atoms with Gasteiger partial charge in [0, 0.05) is 15.6 Å². The summed E-state index contributed by atoms with van der Waals surface area (Å²) in [6.45, 7) is 0.576. The van der Waals surface area contributed by atoms with E-state index in [1.54, 1.807) is 36.4 Å². The summed E-state index contributed by atoms with van der Waals surface area (Å²) in [4.78, 5) is 0. The van der Waals surface area contributed by atoms with Gasteiger partial charge in [0.25, 0.3) is 0 Å². The molecule has 0 aliphatic rings. The number of nitrogens with zero attached hydrogens (tertiary/aromatic N) is 1. The molecule has 0 unspecified atom stereocenters. The van der Waals surface area contributed by atoms with Gasteiger partial charge in [-0.2, -0.15) is 0 Å². The van der Waals surface area contributed by atoms with Crippen LogP contribution < -0.4 is 9.47 Å². The molecule has 0 aliphatic carbocycles. The van der Waals surface area contributed by atoms with Crippen LogP contribution in [0.1, 0.15) is 5.56 Å². The summed E-state index contributed by atoms with van der Waals surface area (Å²) in [6, 6.07) is 9.99. The van der Waals surface area contributed by atoms with E-state index in [4.69, 9.17) is 49.5 Å². The Kier molecular flexibility index (Phi) is 6.19. The van der Waals surface area contributed by atoms with Crippen molar-refractivity contribution in [2.45, 2.75) is 0 Å². The Morgan fingerprint density at radius 1 is 0.909 bits per heavy atom. The Balaban J connectivity index is 1.91. The van der Waals surface area contributed by atoms with Crippen LogP contribution in [0.3, 0.4) is 0 Å². The molecule has 0 saturated carbocycles. The van der Waals surface area contributed by atoms with E-state index < -0.39 is 0 Å². The fraction of sp³-hybridized carbons (Fsp3) is 0.133. The van der Waals surface area contributed by atoms with Crippen molar-refractivity contribution in [3.63, 3.8) is 0 Å². The van der Waals surface area contributed by atoms with Crippen molar-refractivity contribution >= 4 is 41.0 Å². The number of benzene rings is 2. The van der Waals surface area contributed by atoms with Gasteiger partial charge in [-0.05, 0) is 36.4 Å². The molecule has 0 aromatic heterocycles. The zero-order chi connectivity index (χ0) is 15.9. The topological polar surface area (TPSA) is 51.1 Å². The van der Waals surface area contributed by atoms with Crippen LogP contribution in [0.5, 0.6) is 11.5 Å². The molecule has 0 atom stereocenters. The van der Waals surface area contributed by atoms with Crippen molar-refractivity contribution in [3.8, 4) is 11.5 Å². The fourth-order valence-electron chi connectivity index (χ4n) is 1.71. The van der Waals surface area contributed by atoms with E-state index in [2.05, 4.69) is 5.16 Å². The van der Waals surface area contributed by atoms with Crippen molar-refractivity contribution in [2.24, 2.45) is 5.16 Å². The van der Waals surface area contributed by atoms with Crippen LogP contribution >= 0.6 is 34.8 Å². The van der Waals surface area contributed by atoms with Crippen LogP contribution in [0.4, 0.5) is 0 Å². The standard InChI is InChI=1S/C15H12Cl3NO3/c16-11-1-3-14(10(7-11)9-19-20)21-5-6-22-15-4-2-12(17)8-13(15)18/h1-4,7-9,20H,5-6H2. The average Bonchev–Trinajstić information content (AvgIpc) is 2.47. The lowest BCUT2D eigenvalue weighted by molar-refractivity contribution is 0.217. The molecule has 0 aliphatic heterocycles. The number of halogens is 3.